The second kappa shape index (κ2) is 3.65. The maximum absolute atomic E-state index is 5.73. The van der Waals surface area contributed by atoms with Gasteiger partial charge in [0, 0.05) is 6.07 Å². The molecule has 0 saturated carbocycles. The summed E-state index contributed by atoms with van der Waals surface area (Å²) in [5.74, 6) is 0.680. The van der Waals surface area contributed by atoms with Crippen LogP contribution in [0.25, 0.3) is 0 Å². The summed E-state index contributed by atoms with van der Waals surface area (Å²) in [7, 11) is 1.57. The van der Waals surface area contributed by atoms with Crippen LogP contribution in [0.5, 0.6) is 5.75 Å². The van der Waals surface area contributed by atoms with Crippen molar-refractivity contribution in [2.75, 3.05) is 7.11 Å². The number of benzene rings is 1. The molecule has 0 aromatic heterocycles. The van der Waals surface area contributed by atoms with Crippen LogP contribution in [-0.4, -0.2) is 7.11 Å². The minimum atomic E-state index is 0.492. The summed E-state index contributed by atoms with van der Waals surface area (Å²) in [6.07, 6.45) is 0. The molecule has 0 aliphatic rings. The Labute approximate surface area is 83.4 Å². The molecule has 0 unspecified atom stereocenters. The normalized spacial score (nSPS) is 9.82. The fraction of sp³-hybridized carbons (Fsp3) is 0.143. The van der Waals surface area contributed by atoms with Crippen molar-refractivity contribution in [1.29, 1.82) is 0 Å². The maximum atomic E-state index is 5.73. The molecule has 0 spiro atoms. The van der Waals surface area contributed by atoms with Gasteiger partial charge in [-0.2, -0.15) is 0 Å². The molecule has 60 valence electrons. The molecule has 0 aliphatic heterocycles. The molecule has 0 bridgehead atoms. The lowest BCUT2D eigenvalue weighted by Crippen LogP contribution is -1.83. The van der Waals surface area contributed by atoms with Crippen LogP contribution in [-0.2, 0) is 0 Å². The van der Waals surface area contributed by atoms with E-state index in [1.165, 1.54) is 0 Å². The van der Waals surface area contributed by atoms with Crippen molar-refractivity contribution in [2.24, 2.45) is 0 Å². The van der Waals surface area contributed by atoms with Gasteiger partial charge in [0.25, 0.3) is 0 Å². The van der Waals surface area contributed by atoms with Gasteiger partial charge in [0.15, 0.2) is 0 Å². The second-order valence-corrected chi connectivity index (χ2v) is 3.57. The van der Waals surface area contributed by atoms with E-state index in [9.17, 15) is 0 Å². The van der Waals surface area contributed by atoms with Gasteiger partial charge in [-0.15, -0.1) is 0 Å². The smallest absolute Gasteiger partial charge is 0.134 e. The summed E-state index contributed by atoms with van der Waals surface area (Å²) in [5, 5.41) is 1.01. The van der Waals surface area contributed by atoms with Gasteiger partial charge >= 0.3 is 0 Å². The molecule has 0 fully saturated rings. The third kappa shape index (κ3) is 2.01. The standard InChI is InChI=1S/C7H5BrCl2O/c1-11-7-3-6(10)5(9)2-4(7)8/h2-3H,1H3. The van der Waals surface area contributed by atoms with E-state index in [0.717, 1.165) is 4.47 Å². The highest BCUT2D eigenvalue weighted by Gasteiger charge is 2.04. The molecule has 1 aromatic rings. The highest BCUT2D eigenvalue weighted by molar-refractivity contribution is 9.10. The summed E-state index contributed by atoms with van der Waals surface area (Å²) in [4.78, 5) is 0. The Morgan fingerprint density at radius 1 is 1.27 bits per heavy atom. The van der Waals surface area contributed by atoms with Crippen molar-refractivity contribution in [3.05, 3.63) is 26.7 Å². The summed E-state index contributed by atoms with van der Waals surface area (Å²) < 4.78 is 5.79. The van der Waals surface area contributed by atoms with Crippen molar-refractivity contribution in [3.63, 3.8) is 0 Å². The predicted octanol–water partition coefficient (Wildman–Crippen LogP) is 3.76. The number of hydrogen-bond acceptors (Lipinski definition) is 1. The van der Waals surface area contributed by atoms with E-state index in [-0.39, 0.29) is 0 Å². The van der Waals surface area contributed by atoms with Crippen LogP contribution >= 0.6 is 39.1 Å². The molecule has 0 heterocycles. The molecular weight excluding hydrogens is 251 g/mol. The highest BCUT2D eigenvalue weighted by Crippen LogP contribution is 2.33. The topological polar surface area (TPSA) is 9.23 Å². The molecule has 0 aliphatic carbocycles. The molecule has 1 rings (SSSR count). The molecular formula is C7H5BrCl2O. The summed E-state index contributed by atoms with van der Waals surface area (Å²) >= 11 is 14.7. The van der Waals surface area contributed by atoms with Gasteiger partial charge in [0.1, 0.15) is 5.75 Å². The molecule has 4 heteroatoms. The minimum Gasteiger partial charge on any atom is -0.496 e. The van der Waals surface area contributed by atoms with Gasteiger partial charge in [-0.1, -0.05) is 23.2 Å². The second-order valence-electron chi connectivity index (χ2n) is 1.90. The van der Waals surface area contributed by atoms with Crippen LogP contribution < -0.4 is 4.74 Å². The van der Waals surface area contributed by atoms with Crippen molar-refractivity contribution >= 4 is 39.1 Å². The zero-order chi connectivity index (χ0) is 8.43. The monoisotopic (exact) mass is 254 g/mol. The summed E-state index contributed by atoms with van der Waals surface area (Å²) in [5.41, 5.74) is 0. The quantitative estimate of drug-likeness (QED) is 0.695. The lowest BCUT2D eigenvalue weighted by molar-refractivity contribution is 0.412. The largest absolute Gasteiger partial charge is 0.496 e. The third-order valence-corrected chi connectivity index (χ3v) is 2.54. The number of ether oxygens (including phenoxy) is 1. The Balaban J connectivity index is 3.21. The third-order valence-electron chi connectivity index (χ3n) is 1.19. The van der Waals surface area contributed by atoms with Crippen molar-refractivity contribution < 1.29 is 4.74 Å². The molecule has 0 saturated heterocycles. The van der Waals surface area contributed by atoms with Crippen molar-refractivity contribution in [1.82, 2.24) is 0 Å². The Hall–Kier alpha value is 0.0800. The van der Waals surface area contributed by atoms with E-state index in [0.29, 0.717) is 15.8 Å². The molecule has 11 heavy (non-hydrogen) atoms. The van der Waals surface area contributed by atoms with Crippen molar-refractivity contribution in [3.8, 4) is 5.75 Å². The minimum absolute atomic E-state index is 0.492. The van der Waals surface area contributed by atoms with Gasteiger partial charge < -0.3 is 4.74 Å². The average molecular weight is 256 g/mol. The van der Waals surface area contributed by atoms with Crippen LogP contribution in [0.3, 0.4) is 0 Å². The number of methoxy groups -OCH3 is 1. The van der Waals surface area contributed by atoms with Crippen LogP contribution in [0, 0.1) is 0 Å². The van der Waals surface area contributed by atoms with Crippen LogP contribution in [0.4, 0.5) is 0 Å². The van der Waals surface area contributed by atoms with E-state index in [2.05, 4.69) is 15.9 Å². The van der Waals surface area contributed by atoms with Gasteiger partial charge in [-0.25, -0.2) is 0 Å². The van der Waals surface area contributed by atoms with Crippen LogP contribution in [0.15, 0.2) is 16.6 Å². The first-order valence-corrected chi connectivity index (χ1v) is 4.38. The molecule has 0 radical (unpaired) electrons. The van der Waals surface area contributed by atoms with E-state index in [1.807, 2.05) is 0 Å². The first kappa shape index (κ1) is 9.17. The molecule has 0 atom stereocenters. The Morgan fingerprint density at radius 2 is 1.82 bits per heavy atom. The van der Waals surface area contributed by atoms with Gasteiger partial charge in [0.05, 0.1) is 21.6 Å². The number of halogens is 3. The molecule has 1 nitrogen and oxygen atoms in total. The Kier molecular flexibility index (Phi) is 3.05. The lowest BCUT2D eigenvalue weighted by Gasteiger charge is -2.03. The van der Waals surface area contributed by atoms with E-state index in [1.54, 1.807) is 19.2 Å². The number of hydrogen-bond donors (Lipinski definition) is 0. The van der Waals surface area contributed by atoms with Gasteiger partial charge in [-0.05, 0) is 22.0 Å². The van der Waals surface area contributed by atoms with Gasteiger partial charge in [0.2, 0.25) is 0 Å². The van der Waals surface area contributed by atoms with E-state index >= 15 is 0 Å². The Bertz CT molecular complexity index is 275. The maximum Gasteiger partial charge on any atom is 0.134 e. The van der Waals surface area contributed by atoms with Crippen LogP contribution in [0.2, 0.25) is 10.0 Å². The molecule has 0 N–H and O–H groups in total. The van der Waals surface area contributed by atoms with E-state index < -0.39 is 0 Å². The fourth-order valence-corrected chi connectivity index (χ4v) is 1.62. The predicted molar refractivity (Wildman–Crippen MR) is 50.7 cm³/mol. The first-order valence-electron chi connectivity index (χ1n) is 2.83. The average Bonchev–Trinajstić information content (AvgIpc) is 1.97. The highest BCUT2D eigenvalue weighted by atomic mass is 79.9. The SMILES string of the molecule is COc1cc(Cl)c(Cl)cc1Br. The zero-order valence-electron chi connectivity index (χ0n) is 5.70. The van der Waals surface area contributed by atoms with E-state index in [4.69, 9.17) is 27.9 Å². The molecule has 0 amide bonds. The van der Waals surface area contributed by atoms with Crippen LogP contribution in [0.1, 0.15) is 0 Å². The van der Waals surface area contributed by atoms with Crippen molar-refractivity contribution in [2.45, 2.75) is 0 Å². The fourth-order valence-electron chi connectivity index (χ4n) is 0.661. The number of rotatable bonds is 1. The zero-order valence-corrected chi connectivity index (χ0v) is 8.79. The molecule has 1 aromatic carbocycles. The first-order chi connectivity index (χ1) is 5.15. The Morgan fingerprint density at radius 3 is 2.36 bits per heavy atom. The van der Waals surface area contributed by atoms with Gasteiger partial charge in [-0.3, -0.25) is 0 Å². The summed E-state index contributed by atoms with van der Waals surface area (Å²) in [6, 6.07) is 3.36. The summed E-state index contributed by atoms with van der Waals surface area (Å²) in [6.45, 7) is 0. The lowest BCUT2D eigenvalue weighted by atomic mass is 10.3.